The van der Waals surface area contributed by atoms with E-state index in [1.165, 1.54) is 0 Å². The molecule has 0 spiro atoms. The number of hydrogen-bond donors (Lipinski definition) is 0. The zero-order valence-corrected chi connectivity index (χ0v) is 22.4. The van der Waals surface area contributed by atoms with Crippen LogP contribution in [0.25, 0.3) is 0 Å². The number of piperazine rings is 1. The molecule has 196 valence electrons. The van der Waals surface area contributed by atoms with Crippen LogP contribution in [0.1, 0.15) is 19.4 Å². The van der Waals surface area contributed by atoms with Crippen LogP contribution in [-0.4, -0.2) is 65.5 Å². The van der Waals surface area contributed by atoms with Crippen molar-refractivity contribution in [3.05, 3.63) is 76.8 Å². The first-order chi connectivity index (χ1) is 17.8. The largest absolute Gasteiger partial charge is 0.488 e. The van der Waals surface area contributed by atoms with Crippen molar-refractivity contribution in [3.63, 3.8) is 0 Å². The highest BCUT2D eigenvalue weighted by Crippen LogP contribution is 2.43. The van der Waals surface area contributed by atoms with E-state index in [0.29, 0.717) is 16.6 Å². The van der Waals surface area contributed by atoms with E-state index in [2.05, 4.69) is 9.88 Å². The van der Waals surface area contributed by atoms with Crippen molar-refractivity contribution in [2.24, 2.45) is 0 Å². The standard InChI is InChI=1S/C27H30Cl2N4O4/c1-20(34)32-11-13-33(14-12-32)22-4-6-23(7-5-22)35-17-26(2)36-18-27(37-26,16-31-10-9-30-19-31)24-8-3-21(28)15-25(24)29/h3-10,15,19H,11-14,16-18H2,1-2H3. The predicted molar refractivity (Wildman–Crippen MR) is 142 cm³/mol. The van der Waals surface area contributed by atoms with Crippen molar-refractivity contribution in [1.82, 2.24) is 14.5 Å². The van der Waals surface area contributed by atoms with Crippen LogP contribution in [0.2, 0.25) is 10.0 Å². The molecule has 0 aliphatic carbocycles. The number of benzene rings is 2. The first kappa shape index (κ1) is 25.9. The molecule has 1 amide bonds. The maximum atomic E-state index is 11.6. The van der Waals surface area contributed by atoms with Gasteiger partial charge in [-0.15, -0.1) is 0 Å². The Morgan fingerprint density at radius 2 is 1.86 bits per heavy atom. The van der Waals surface area contributed by atoms with Gasteiger partial charge in [-0.3, -0.25) is 4.79 Å². The Morgan fingerprint density at radius 1 is 1.11 bits per heavy atom. The molecule has 0 radical (unpaired) electrons. The van der Waals surface area contributed by atoms with E-state index in [1.54, 1.807) is 31.6 Å². The summed E-state index contributed by atoms with van der Waals surface area (Å²) >= 11 is 12.8. The van der Waals surface area contributed by atoms with E-state index in [4.69, 9.17) is 37.4 Å². The normalized spacial score (nSPS) is 23.9. The number of aromatic nitrogens is 2. The Balaban J connectivity index is 1.26. The number of carbonyl (C=O) groups is 1. The van der Waals surface area contributed by atoms with Crippen LogP contribution in [0.5, 0.6) is 5.75 Å². The van der Waals surface area contributed by atoms with E-state index in [1.807, 2.05) is 52.9 Å². The van der Waals surface area contributed by atoms with Gasteiger partial charge in [-0.05, 0) is 43.3 Å². The minimum atomic E-state index is -0.995. The predicted octanol–water partition coefficient (Wildman–Crippen LogP) is 4.60. The summed E-state index contributed by atoms with van der Waals surface area (Å²) in [5.41, 5.74) is 1.06. The highest BCUT2D eigenvalue weighted by Gasteiger charge is 2.51. The highest BCUT2D eigenvalue weighted by atomic mass is 35.5. The number of carbonyl (C=O) groups excluding carboxylic acids is 1. The third-order valence-electron chi connectivity index (χ3n) is 6.87. The Hall–Kier alpha value is -2.78. The van der Waals surface area contributed by atoms with E-state index in [-0.39, 0.29) is 19.1 Å². The minimum Gasteiger partial charge on any atom is -0.488 e. The van der Waals surface area contributed by atoms with Crippen molar-refractivity contribution < 1.29 is 19.0 Å². The molecule has 2 aliphatic heterocycles. The number of imidazole rings is 1. The number of halogens is 2. The monoisotopic (exact) mass is 544 g/mol. The third kappa shape index (κ3) is 5.72. The van der Waals surface area contributed by atoms with Crippen molar-refractivity contribution >= 4 is 34.8 Å². The summed E-state index contributed by atoms with van der Waals surface area (Å²) in [5.74, 6) is -0.151. The number of rotatable bonds is 7. The minimum absolute atomic E-state index is 0.126. The SMILES string of the molecule is CC(=O)N1CCN(c2ccc(OCC3(C)OCC(Cn4ccnc4)(c4ccc(Cl)cc4Cl)O3)cc2)CC1. The molecule has 2 aromatic carbocycles. The van der Waals surface area contributed by atoms with Crippen LogP contribution in [0, 0.1) is 0 Å². The van der Waals surface area contributed by atoms with Crippen LogP contribution < -0.4 is 9.64 Å². The highest BCUT2D eigenvalue weighted by molar-refractivity contribution is 6.35. The summed E-state index contributed by atoms with van der Waals surface area (Å²) in [4.78, 5) is 19.9. The summed E-state index contributed by atoms with van der Waals surface area (Å²) in [5, 5.41) is 1.07. The molecule has 2 unspecified atom stereocenters. The fourth-order valence-corrected chi connectivity index (χ4v) is 5.47. The first-order valence-electron chi connectivity index (χ1n) is 12.2. The first-order valence-corrected chi connectivity index (χ1v) is 13.0. The van der Waals surface area contributed by atoms with Crippen LogP contribution in [0.4, 0.5) is 5.69 Å². The van der Waals surface area contributed by atoms with Gasteiger partial charge in [0.25, 0.3) is 0 Å². The zero-order valence-electron chi connectivity index (χ0n) is 20.9. The Kier molecular flexibility index (Phi) is 7.36. The van der Waals surface area contributed by atoms with Gasteiger partial charge in [0.15, 0.2) is 0 Å². The molecule has 0 N–H and O–H groups in total. The quantitative estimate of drug-likeness (QED) is 0.433. The van der Waals surface area contributed by atoms with Gasteiger partial charge in [0.1, 0.15) is 18.0 Å². The summed E-state index contributed by atoms with van der Waals surface area (Å²) in [6.07, 6.45) is 5.34. The van der Waals surface area contributed by atoms with Crippen LogP contribution >= 0.6 is 23.2 Å². The molecule has 3 heterocycles. The molecule has 0 saturated carbocycles. The van der Waals surface area contributed by atoms with Crippen LogP contribution in [0.3, 0.4) is 0 Å². The van der Waals surface area contributed by atoms with Gasteiger partial charge >= 0.3 is 0 Å². The number of amides is 1. The van der Waals surface area contributed by atoms with Crippen molar-refractivity contribution in [2.75, 3.05) is 44.3 Å². The molecule has 2 saturated heterocycles. The molecule has 37 heavy (non-hydrogen) atoms. The number of hydrogen-bond acceptors (Lipinski definition) is 6. The molecule has 0 bridgehead atoms. The Morgan fingerprint density at radius 3 is 2.51 bits per heavy atom. The summed E-state index contributed by atoms with van der Waals surface area (Å²) < 4.78 is 20.9. The maximum Gasteiger partial charge on any atom is 0.219 e. The lowest BCUT2D eigenvalue weighted by atomic mass is 9.94. The van der Waals surface area contributed by atoms with Crippen molar-refractivity contribution in [1.29, 1.82) is 0 Å². The molecule has 3 aromatic rings. The van der Waals surface area contributed by atoms with Gasteiger partial charge in [0, 0.05) is 66.8 Å². The summed E-state index contributed by atoms with van der Waals surface area (Å²) in [7, 11) is 0. The lowest BCUT2D eigenvalue weighted by molar-refractivity contribution is -0.196. The summed E-state index contributed by atoms with van der Waals surface area (Å²) in [6, 6.07) is 13.4. The fraction of sp³-hybridized carbons (Fsp3) is 0.407. The second kappa shape index (κ2) is 10.5. The van der Waals surface area contributed by atoms with Gasteiger partial charge in [-0.25, -0.2) is 4.98 Å². The van der Waals surface area contributed by atoms with E-state index >= 15 is 0 Å². The topological polar surface area (TPSA) is 69.1 Å². The molecule has 8 nitrogen and oxygen atoms in total. The van der Waals surface area contributed by atoms with E-state index in [9.17, 15) is 4.79 Å². The second-order valence-corrected chi connectivity index (χ2v) is 10.5. The average molecular weight is 545 g/mol. The molecule has 1 aromatic heterocycles. The maximum absolute atomic E-state index is 11.6. The third-order valence-corrected chi connectivity index (χ3v) is 7.42. The lowest BCUT2D eigenvalue weighted by Gasteiger charge is -2.35. The van der Waals surface area contributed by atoms with Crippen LogP contribution in [0.15, 0.2) is 61.2 Å². The fourth-order valence-electron chi connectivity index (χ4n) is 4.89. The van der Waals surface area contributed by atoms with Gasteiger partial charge < -0.3 is 28.6 Å². The molecule has 5 rings (SSSR count). The molecule has 2 atom stereocenters. The Bertz CT molecular complexity index is 1230. The van der Waals surface area contributed by atoms with Crippen molar-refractivity contribution in [3.8, 4) is 5.75 Å². The Labute approximate surface area is 226 Å². The molecular formula is C27H30Cl2N4O4. The molecule has 2 aliphatic rings. The van der Waals surface area contributed by atoms with Gasteiger partial charge in [0.05, 0.1) is 19.5 Å². The lowest BCUT2D eigenvalue weighted by Crippen LogP contribution is -2.48. The van der Waals surface area contributed by atoms with Crippen molar-refractivity contribution in [2.45, 2.75) is 31.8 Å². The van der Waals surface area contributed by atoms with Gasteiger partial charge in [-0.1, -0.05) is 29.3 Å². The smallest absolute Gasteiger partial charge is 0.219 e. The second-order valence-electron chi connectivity index (χ2n) is 9.65. The van der Waals surface area contributed by atoms with E-state index < -0.39 is 11.4 Å². The molecule has 2 fully saturated rings. The number of ether oxygens (including phenoxy) is 3. The van der Waals surface area contributed by atoms with Gasteiger partial charge in [-0.2, -0.15) is 0 Å². The van der Waals surface area contributed by atoms with E-state index in [0.717, 1.165) is 43.2 Å². The zero-order chi connectivity index (χ0) is 26.0. The molecule has 10 heteroatoms. The summed E-state index contributed by atoms with van der Waals surface area (Å²) in [6.45, 7) is 7.53. The van der Waals surface area contributed by atoms with Crippen LogP contribution in [-0.2, 0) is 26.4 Å². The number of anilines is 1. The number of nitrogens with zero attached hydrogens (tertiary/aromatic N) is 4. The van der Waals surface area contributed by atoms with Gasteiger partial charge in [0.2, 0.25) is 11.7 Å². The average Bonchev–Trinajstić information content (AvgIpc) is 3.51. The molecular weight excluding hydrogens is 515 g/mol.